The number of nitrogens with zero attached hydrogens (tertiary/aromatic N) is 4. The third-order valence-corrected chi connectivity index (χ3v) is 3.37. The van der Waals surface area contributed by atoms with Crippen LogP contribution in [0.4, 0.5) is 0 Å². The summed E-state index contributed by atoms with van der Waals surface area (Å²) < 4.78 is 1.83. The summed E-state index contributed by atoms with van der Waals surface area (Å²) >= 11 is 6.29. The van der Waals surface area contributed by atoms with E-state index in [1.165, 1.54) is 0 Å². The van der Waals surface area contributed by atoms with Gasteiger partial charge in [-0.05, 0) is 19.4 Å². The van der Waals surface area contributed by atoms with E-state index in [1.807, 2.05) is 24.7 Å². The highest BCUT2D eigenvalue weighted by atomic mass is 35.5. The van der Waals surface area contributed by atoms with Crippen molar-refractivity contribution in [2.24, 2.45) is 7.05 Å². The fourth-order valence-corrected chi connectivity index (χ4v) is 2.28. The molecule has 6 heteroatoms. The molecule has 2 aromatic heterocycles. The average molecular weight is 280 g/mol. The fraction of sp³-hybridized carbons (Fsp3) is 0.462. The smallest absolute Gasteiger partial charge is 0.125 e. The van der Waals surface area contributed by atoms with Gasteiger partial charge < -0.3 is 5.32 Å². The molecule has 0 atom stereocenters. The van der Waals surface area contributed by atoms with Crippen LogP contribution >= 0.6 is 11.6 Å². The monoisotopic (exact) mass is 279 g/mol. The minimum atomic E-state index is 0.672. The van der Waals surface area contributed by atoms with Crippen LogP contribution in [0.3, 0.4) is 0 Å². The molecular weight excluding hydrogens is 262 g/mol. The number of aryl methyl sites for hydroxylation is 3. The molecule has 0 saturated carbocycles. The molecule has 1 N–H and O–H groups in total. The van der Waals surface area contributed by atoms with Crippen molar-refractivity contribution in [1.82, 2.24) is 25.1 Å². The molecule has 19 heavy (non-hydrogen) atoms. The first-order valence-corrected chi connectivity index (χ1v) is 6.69. The van der Waals surface area contributed by atoms with Crippen molar-refractivity contribution in [2.45, 2.75) is 33.4 Å². The summed E-state index contributed by atoms with van der Waals surface area (Å²) in [6, 6.07) is 1.91. The van der Waals surface area contributed by atoms with Gasteiger partial charge in [-0.1, -0.05) is 18.5 Å². The molecule has 0 aliphatic rings. The Balaban J connectivity index is 1.98. The maximum absolute atomic E-state index is 6.29. The Hall–Kier alpha value is -1.46. The second kappa shape index (κ2) is 6.12. The lowest BCUT2D eigenvalue weighted by atomic mass is 10.3. The molecule has 0 aromatic carbocycles. The standard InChI is InChI=1S/C13H18ClN5/c1-4-11-13(14)12(19(3)18-11)8-15-7-10-5-6-16-9(2)17-10/h5-6,15H,4,7-8H2,1-3H3. The Morgan fingerprint density at radius 1 is 1.37 bits per heavy atom. The van der Waals surface area contributed by atoms with E-state index < -0.39 is 0 Å². The molecular formula is C13H18ClN5. The first-order valence-electron chi connectivity index (χ1n) is 6.31. The van der Waals surface area contributed by atoms with E-state index >= 15 is 0 Å². The van der Waals surface area contributed by atoms with Gasteiger partial charge >= 0.3 is 0 Å². The highest BCUT2D eigenvalue weighted by molar-refractivity contribution is 6.31. The molecule has 102 valence electrons. The van der Waals surface area contributed by atoms with Crippen LogP contribution < -0.4 is 5.32 Å². The van der Waals surface area contributed by atoms with E-state index in [0.29, 0.717) is 13.1 Å². The van der Waals surface area contributed by atoms with E-state index in [1.54, 1.807) is 6.20 Å². The minimum absolute atomic E-state index is 0.672. The van der Waals surface area contributed by atoms with Gasteiger partial charge in [0.05, 0.1) is 22.1 Å². The van der Waals surface area contributed by atoms with Crippen LogP contribution in [0.1, 0.15) is 29.8 Å². The maximum atomic E-state index is 6.29. The maximum Gasteiger partial charge on any atom is 0.125 e. The van der Waals surface area contributed by atoms with E-state index in [0.717, 1.165) is 34.3 Å². The summed E-state index contributed by atoms with van der Waals surface area (Å²) in [7, 11) is 1.91. The molecule has 0 radical (unpaired) electrons. The lowest BCUT2D eigenvalue weighted by molar-refractivity contribution is 0.616. The third-order valence-electron chi connectivity index (χ3n) is 2.94. The molecule has 5 nitrogen and oxygen atoms in total. The molecule has 0 spiro atoms. The Labute approximate surface area is 118 Å². The number of aromatic nitrogens is 4. The van der Waals surface area contributed by atoms with Crippen molar-refractivity contribution in [1.29, 1.82) is 0 Å². The average Bonchev–Trinajstić information content (AvgIpc) is 2.66. The van der Waals surface area contributed by atoms with Gasteiger partial charge in [-0.25, -0.2) is 9.97 Å². The molecule has 0 fully saturated rings. The fourth-order valence-electron chi connectivity index (χ4n) is 1.92. The zero-order valence-corrected chi connectivity index (χ0v) is 12.2. The molecule has 0 unspecified atom stereocenters. The quantitative estimate of drug-likeness (QED) is 0.910. The molecule has 2 heterocycles. The van der Waals surface area contributed by atoms with Crippen molar-refractivity contribution < 1.29 is 0 Å². The van der Waals surface area contributed by atoms with Crippen molar-refractivity contribution >= 4 is 11.6 Å². The Bertz CT molecular complexity index is 564. The molecule has 0 aliphatic carbocycles. The molecule has 0 aliphatic heterocycles. The van der Waals surface area contributed by atoms with Gasteiger partial charge in [-0.2, -0.15) is 5.10 Å². The second-order valence-electron chi connectivity index (χ2n) is 4.38. The van der Waals surface area contributed by atoms with Gasteiger partial charge in [0.15, 0.2) is 0 Å². The predicted molar refractivity (Wildman–Crippen MR) is 74.9 cm³/mol. The van der Waals surface area contributed by atoms with Crippen LogP contribution in [0, 0.1) is 6.92 Å². The van der Waals surface area contributed by atoms with Gasteiger partial charge in [0.25, 0.3) is 0 Å². The zero-order valence-electron chi connectivity index (χ0n) is 11.4. The van der Waals surface area contributed by atoms with E-state index in [9.17, 15) is 0 Å². The molecule has 2 rings (SSSR count). The normalized spacial score (nSPS) is 10.9. The van der Waals surface area contributed by atoms with Crippen LogP contribution in [-0.2, 0) is 26.6 Å². The highest BCUT2D eigenvalue weighted by Crippen LogP contribution is 2.20. The summed E-state index contributed by atoms with van der Waals surface area (Å²) in [6.07, 6.45) is 2.61. The van der Waals surface area contributed by atoms with E-state index in [4.69, 9.17) is 11.6 Å². The lowest BCUT2D eigenvalue weighted by Crippen LogP contribution is -2.16. The van der Waals surface area contributed by atoms with Gasteiger partial charge in [0, 0.05) is 26.3 Å². The highest BCUT2D eigenvalue weighted by Gasteiger charge is 2.12. The number of rotatable bonds is 5. The van der Waals surface area contributed by atoms with Gasteiger partial charge in [-0.3, -0.25) is 4.68 Å². The first kappa shape index (κ1) is 14.0. The van der Waals surface area contributed by atoms with Crippen molar-refractivity contribution in [3.8, 4) is 0 Å². The summed E-state index contributed by atoms with van der Waals surface area (Å²) in [6.45, 7) is 5.29. The van der Waals surface area contributed by atoms with Crippen molar-refractivity contribution in [3.05, 3.63) is 40.2 Å². The van der Waals surface area contributed by atoms with Crippen LogP contribution in [0.15, 0.2) is 12.3 Å². The zero-order chi connectivity index (χ0) is 13.8. The second-order valence-corrected chi connectivity index (χ2v) is 4.76. The Morgan fingerprint density at radius 2 is 2.16 bits per heavy atom. The minimum Gasteiger partial charge on any atom is -0.305 e. The van der Waals surface area contributed by atoms with Crippen molar-refractivity contribution in [2.75, 3.05) is 0 Å². The van der Waals surface area contributed by atoms with E-state index in [-0.39, 0.29) is 0 Å². The van der Waals surface area contributed by atoms with Crippen LogP contribution in [-0.4, -0.2) is 19.7 Å². The molecule has 2 aromatic rings. The number of hydrogen-bond acceptors (Lipinski definition) is 4. The van der Waals surface area contributed by atoms with Crippen LogP contribution in [0.2, 0.25) is 5.02 Å². The Kier molecular flexibility index (Phi) is 4.50. The predicted octanol–water partition coefficient (Wildman–Crippen LogP) is 2.02. The van der Waals surface area contributed by atoms with Gasteiger partial charge in [-0.15, -0.1) is 0 Å². The summed E-state index contributed by atoms with van der Waals surface area (Å²) in [5, 5.41) is 8.48. The Morgan fingerprint density at radius 3 is 2.79 bits per heavy atom. The molecule has 0 saturated heterocycles. The third kappa shape index (κ3) is 3.30. The van der Waals surface area contributed by atoms with Gasteiger partial charge in [0.2, 0.25) is 0 Å². The summed E-state index contributed by atoms with van der Waals surface area (Å²) in [5.41, 5.74) is 2.92. The molecule has 0 bridgehead atoms. The SMILES string of the molecule is CCc1nn(C)c(CNCc2ccnc(C)n2)c1Cl. The number of halogens is 1. The van der Waals surface area contributed by atoms with Crippen LogP contribution in [0.5, 0.6) is 0 Å². The molecule has 0 amide bonds. The lowest BCUT2D eigenvalue weighted by Gasteiger charge is -2.06. The summed E-state index contributed by atoms with van der Waals surface area (Å²) in [5.74, 6) is 0.783. The number of hydrogen-bond donors (Lipinski definition) is 1. The first-order chi connectivity index (χ1) is 9.11. The van der Waals surface area contributed by atoms with Crippen LogP contribution in [0.25, 0.3) is 0 Å². The largest absolute Gasteiger partial charge is 0.305 e. The topological polar surface area (TPSA) is 55.6 Å². The number of nitrogens with one attached hydrogen (secondary N) is 1. The van der Waals surface area contributed by atoms with Crippen molar-refractivity contribution in [3.63, 3.8) is 0 Å². The summed E-state index contributed by atoms with van der Waals surface area (Å²) in [4.78, 5) is 8.42. The van der Waals surface area contributed by atoms with E-state index in [2.05, 4.69) is 27.3 Å². The van der Waals surface area contributed by atoms with Gasteiger partial charge in [0.1, 0.15) is 5.82 Å².